The summed E-state index contributed by atoms with van der Waals surface area (Å²) in [5, 5.41) is 10.1. The van der Waals surface area contributed by atoms with Crippen LogP contribution in [0.4, 0.5) is 4.39 Å². The Labute approximate surface area is 130 Å². The summed E-state index contributed by atoms with van der Waals surface area (Å²) < 4.78 is 19.2. The summed E-state index contributed by atoms with van der Waals surface area (Å²) in [4.78, 5) is 1.99. The number of rotatable bonds is 9. The first-order valence-electron chi connectivity index (χ1n) is 7.46. The number of hydrogen-bond acceptors (Lipinski definition) is 3. The third kappa shape index (κ3) is 5.13. The molecule has 1 atom stereocenters. The number of nitrogens with zero attached hydrogens (tertiary/aromatic N) is 1. The lowest BCUT2D eigenvalue weighted by Crippen LogP contribution is -2.32. The molecule has 0 unspecified atom stereocenters. The van der Waals surface area contributed by atoms with Crippen molar-refractivity contribution in [2.24, 2.45) is 0 Å². The Kier molecular flexibility index (Phi) is 6.37. The van der Waals surface area contributed by atoms with Crippen LogP contribution in [0.5, 0.6) is 0 Å². The second kappa shape index (κ2) is 8.51. The molecule has 1 N–H and O–H groups in total. The lowest BCUT2D eigenvalue weighted by atomic mass is 10.1. The van der Waals surface area contributed by atoms with E-state index in [1.54, 1.807) is 24.5 Å². The van der Waals surface area contributed by atoms with Crippen LogP contribution in [0.15, 0.2) is 59.7 Å². The van der Waals surface area contributed by atoms with Gasteiger partial charge in [0.05, 0.1) is 18.9 Å². The van der Waals surface area contributed by atoms with Gasteiger partial charge in [-0.2, -0.15) is 0 Å². The van der Waals surface area contributed by atoms with E-state index in [9.17, 15) is 9.50 Å². The molecule has 4 heteroatoms. The molecule has 0 saturated carbocycles. The topological polar surface area (TPSA) is 36.6 Å². The van der Waals surface area contributed by atoms with Crippen LogP contribution in [0.1, 0.15) is 24.2 Å². The highest BCUT2D eigenvalue weighted by Crippen LogP contribution is 2.14. The van der Waals surface area contributed by atoms with Crippen LogP contribution in [0.3, 0.4) is 0 Å². The minimum absolute atomic E-state index is 0.229. The van der Waals surface area contributed by atoms with Crippen LogP contribution in [0.25, 0.3) is 0 Å². The first kappa shape index (κ1) is 16.5. The van der Waals surface area contributed by atoms with Crippen LogP contribution in [0.2, 0.25) is 0 Å². The Morgan fingerprint density at radius 2 is 2.05 bits per heavy atom. The van der Waals surface area contributed by atoms with Crippen LogP contribution < -0.4 is 0 Å². The average molecular weight is 303 g/mol. The molecule has 2 aromatic rings. The molecule has 2 rings (SSSR count). The summed E-state index contributed by atoms with van der Waals surface area (Å²) in [5.41, 5.74) is 0.616. The molecule has 0 aliphatic rings. The molecule has 1 heterocycles. The fourth-order valence-electron chi connectivity index (χ4n) is 2.38. The quantitative estimate of drug-likeness (QED) is 0.717. The predicted octanol–water partition coefficient (Wildman–Crippen LogP) is 3.75. The molecule has 0 bridgehead atoms. The lowest BCUT2D eigenvalue weighted by Gasteiger charge is -2.24. The molecule has 0 aliphatic carbocycles. The number of benzene rings is 1. The summed E-state index contributed by atoms with van der Waals surface area (Å²) >= 11 is 0. The van der Waals surface area contributed by atoms with Gasteiger partial charge in [0.1, 0.15) is 11.6 Å². The van der Waals surface area contributed by atoms with Gasteiger partial charge in [-0.25, -0.2) is 4.39 Å². The van der Waals surface area contributed by atoms with E-state index in [2.05, 4.69) is 6.58 Å². The van der Waals surface area contributed by atoms with Gasteiger partial charge in [-0.3, -0.25) is 4.90 Å². The molecular formula is C18H22FNO2. The first-order valence-corrected chi connectivity index (χ1v) is 7.46. The molecular weight excluding hydrogens is 281 g/mol. The van der Waals surface area contributed by atoms with Crippen molar-refractivity contribution in [2.75, 3.05) is 6.54 Å². The normalized spacial score (nSPS) is 12.5. The number of aliphatic hydroxyl groups is 1. The summed E-state index contributed by atoms with van der Waals surface area (Å²) in [6.45, 7) is 5.09. The number of hydrogen-bond donors (Lipinski definition) is 1. The van der Waals surface area contributed by atoms with E-state index in [1.165, 1.54) is 6.07 Å². The zero-order valence-corrected chi connectivity index (χ0v) is 12.6. The van der Waals surface area contributed by atoms with Gasteiger partial charge >= 0.3 is 0 Å². The standard InChI is InChI=1S/C18H22FNO2/c1-2-3-8-16(21)13-20(14-17-9-6-11-22-17)12-15-7-4-5-10-18(15)19/h2,4-7,9-11,16,21H,1,3,8,12-14H2/t16-/m0/s1. The lowest BCUT2D eigenvalue weighted by molar-refractivity contribution is 0.0938. The van der Waals surface area contributed by atoms with Gasteiger partial charge in [-0.1, -0.05) is 24.3 Å². The van der Waals surface area contributed by atoms with Crippen molar-refractivity contribution in [3.63, 3.8) is 0 Å². The third-order valence-electron chi connectivity index (χ3n) is 3.48. The molecule has 22 heavy (non-hydrogen) atoms. The number of allylic oxidation sites excluding steroid dienone is 1. The van der Waals surface area contributed by atoms with E-state index in [-0.39, 0.29) is 5.82 Å². The van der Waals surface area contributed by atoms with Crippen molar-refractivity contribution in [1.82, 2.24) is 4.90 Å². The maximum Gasteiger partial charge on any atom is 0.127 e. The molecule has 118 valence electrons. The van der Waals surface area contributed by atoms with Gasteiger partial charge in [0, 0.05) is 18.7 Å². The van der Waals surface area contributed by atoms with E-state index in [0.717, 1.165) is 12.2 Å². The van der Waals surface area contributed by atoms with Gasteiger partial charge in [0.15, 0.2) is 0 Å². The highest BCUT2D eigenvalue weighted by Gasteiger charge is 2.15. The number of halogens is 1. The van der Waals surface area contributed by atoms with Gasteiger partial charge in [-0.05, 0) is 31.0 Å². The van der Waals surface area contributed by atoms with Crippen molar-refractivity contribution < 1.29 is 13.9 Å². The van der Waals surface area contributed by atoms with Crippen molar-refractivity contribution in [1.29, 1.82) is 0 Å². The van der Waals surface area contributed by atoms with Crippen LogP contribution in [-0.2, 0) is 13.1 Å². The molecule has 0 amide bonds. The van der Waals surface area contributed by atoms with Crippen molar-refractivity contribution >= 4 is 0 Å². The fourth-order valence-corrected chi connectivity index (χ4v) is 2.38. The molecule has 0 radical (unpaired) electrons. The molecule has 0 spiro atoms. The SMILES string of the molecule is C=CCC[C@H](O)CN(Cc1ccco1)Cc1ccccc1F. The molecule has 0 saturated heterocycles. The smallest absolute Gasteiger partial charge is 0.127 e. The molecule has 3 nitrogen and oxygen atoms in total. The van der Waals surface area contributed by atoms with Crippen molar-refractivity contribution in [2.45, 2.75) is 32.0 Å². The van der Waals surface area contributed by atoms with E-state index < -0.39 is 6.10 Å². The third-order valence-corrected chi connectivity index (χ3v) is 3.48. The van der Waals surface area contributed by atoms with Gasteiger partial charge in [0.2, 0.25) is 0 Å². The van der Waals surface area contributed by atoms with Crippen molar-refractivity contribution in [3.05, 3.63) is 72.5 Å². The molecule has 1 aromatic heterocycles. The van der Waals surface area contributed by atoms with Crippen LogP contribution >= 0.6 is 0 Å². The van der Waals surface area contributed by atoms with E-state index in [1.807, 2.05) is 23.1 Å². The van der Waals surface area contributed by atoms with Crippen LogP contribution in [0, 0.1) is 5.82 Å². The largest absolute Gasteiger partial charge is 0.468 e. The monoisotopic (exact) mass is 303 g/mol. The van der Waals surface area contributed by atoms with Crippen molar-refractivity contribution in [3.8, 4) is 0 Å². The van der Waals surface area contributed by atoms with E-state index in [0.29, 0.717) is 31.6 Å². The summed E-state index contributed by atoms with van der Waals surface area (Å²) in [6, 6.07) is 10.4. The molecule has 1 aromatic carbocycles. The molecule has 0 aliphatic heterocycles. The second-order valence-electron chi connectivity index (χ2n) is 5.36. The Hall–Kier alpha value is -1.91. The minimum Gasteiger partial charge on any atom is -0.468 e. The Balaban J connectivity index is 2.03. The zero-order chi connectivity index (χ0) is 15.8. The second-order valence-corrected chi connectivity index (χ2v) is 5.36. The number of aliphatic hydroxyl groups excluding tert-OH is 1. The average Bonchev–Trinajstić information content (AvgIpc) is 3.00. The maximum absolute atomic E-state index is 13.8. The summed E-state index contributed by atoms with van der Waals surface area (Å²) in [6.07, 6.45) is 4.34. The summed E-state index contributed by atoms with van der Waals surface area (Å²) in [5.74, 6) is 0.569. The summed E-state index contributed by atoms with van der Waals surface area (Å²) in [7, 11) is 0. The highest BCUT2D eigenvalue weighted by atomic mass is 19.1. The Morgan fingerprint density at radius 1 is 1.23 bits per heavy atom. The maximum atomic E-state index is 13.8. The van der Waals surface area contributed by atoms with Gasteiger partial charge in [0.25, 0.3) is 0 Å². The Morgan fingerprint density at radius 3 is 2.73 bits per heavy atom. The van der Waals surface area contributed by atoms with Crippen LogP contribution in [-0.4, -0.2) is 22.7 Å². The fraction of sp³-hybridized carbons (Fsp3) is 0.333. The molecule has 0 fully saturated rings. The van der Waals surface area contributed by atoms with E-state index in [4.69, 9.17) is 4.42 Å². The highest BCUT2D eigenvalue weighted by molar-refractivity contribution is 5.17. The zero-order valence-electron chi connectivity index (χ0n) is 12.6. The van der Waals surface area contributed by atoms with E-state index >= 15 is 0 Å². The van der Waals surface area contributed by atoms with Gasteiger partial charge in [-0.15, -0.1) is 6.58 Å². The number of furan rings is 1. The Bertz CT molecular complexity index is 568. The first-order chi connectivity index (χ1) is 10.7. The van der Waals surface area contributed by atoms with Gasteiger partial charge < -0.3 is 9.52 Å². The predicted molar refractivity (Wildman–Crippen MR) is 84.7 cm³/mol. The minimum atomic E-state index is -0.472.